The molecule has 0 saturated heterocycles. The molecule has 1 amide bonds. The molecule has 2 rings (SSSR count). The van der Waals surface area contributed by atoms with E-state index in [2.05, 4.69) is 32.7 Å². The number of guanidine groups is 1. The Labute approximate surface area is 186 Å². The van der Waals surface area contributed by atoms with Crippen LogP contribution in [0.15, 0.2) is 29.3 Å². The predicted octanol–water partition coefficient (Wildman–Crippen LogP) is 3.55. The highest BCUT2D eigenvalue weighted by Crippen LogP contribution is 2.17. The smallest absolute Gasteiger partial charge is 0.222 e. The molecule has 2 N–H and O–H groups in total. The van der Waals surface area contributed by atoms with Gasteiger partial charge in [0.2, 0.25) is 5.91 Å². The van der Waals surface area contributed by atoms with Gasteiger partial charge >= 0.3 is 0 Å². The Hall–Kier alpha value is -1.51. The third-order valence-corrected chi connectivity index (χ3v) is 4.85. The first-order valence-electron chi connectivity index (χ1n) is 10.0. The molecule has 7 heteroatoms. The molecule has 6 nitrogen and oxygen atoms in total. The van der Waals surface area contributed by atoms with Crippen LogP contribution < -0.4 is 15.4 Å². The van der Waals surface area contributed by atoms with E-state index in [0.717, 1.165) is 37.6 Å². The van der Waals surface area contributed by atoms with Gasteiger partial charge < -0.3 is 20.3 Å². The van der Waals surface area contributed by atoms with Crippen molar-refractivity contribution in [2.24, 2.45) is 4.99 Å². The lowest BCUT2D eigenvalue weighted by atomic mass is 9.95. The largest absolute Gasteiger partial charge is 0.497 e. The molecule has 1 aromatic rings. The van der Waals surface area contributed by atoms with E-state index >= 15 is 0 Å². The number of benzene rings is 1. The molecule has 1 aliphatic carbocycles. The van der Waals surface area contributed by atoms with Crippen LogP contribution in [0, 0.1) is 0 Å². The van der Waals surface area contributed by atoms with Crippen LogP contribution in [0.5, 0.6) is 5.75 Å². The van der Waals surface area contributed by atoms with Gasteiger partial charge in [-0.15, -0.1) is 24.0 Å². The van der Waals surface area contributed by atoms with Gasteiger partial charge in [0.15, 0.2) is 5.96 Å². The first-order chi connectivity index (χ1) is 13.1. The number of nitrogens with one attached hydrogen (secondary N) is 2. The minimum Gasteiger partial charge on any atom is -0.497 e. The topological polar surface area (TPSA) is 66.0 Å². The number of nitrogens with zero attached hydrogens (tertiary/aromatic N) is 2. The summed E-state index contributed by atoms with van der Waals surface area (Å²) < 4.78 is 5.20. The van der Waals surface area contributed by atoms with Crippen molar-refractivity contribution in [2.45, 2.75) is 58.0 Å². The number of methoxy groups -OCH3 is 1. The van der Waals surface area contributed by atoms with Crippen molar-refractivity contribution in [3.63, 3.8) is 0 Å². The summed E-state index contributed by atoms with van der Waals surface area (Å²) in [5.41, 5.74) is 1.18. The van der Waals surface area contributed by atoms with Crippen LogP contribution in [-0.2, 0) is 11.3 Å². The van der Waals surface area contributed by atoms with E-state index in [-0.39, 0.29) is 29.9 Å². The lowest BCUT2D eigenvalue weighted by molar-refractivity contribution is -0.121. The molecule has 0 radical (unpaired) electrons. The van der Waals surface area contributed by atoms with Gasteiger partial charge in [0.25, 0.3) is 0 Å². The van der Waals surface area contributed by atoms with Gasteiger partial charge in [0.1, 0.15) is 5.75 Å². The minimum absolute atomic E-state index is 0. The molecule has 0 aliphatic heterocycles. The van der Waals surface area contributed by atoms with E-state index in [0.29, 0.717) is 19.0 Å². The lowest BCUT2D eigenvalue weighted by Crippen LogP contribution is -2.39. The lowest BCUT2D eigenvalue weighted by Gasteiger charge is -2.23. The van der Waals surface area contributed by atoms with Crippen LogP contribution in [0.1, 0.15) is 51.0 Å². The van der Waals surface area contributed by atoms with Gasteiger partial charge in [0, 0.05) is 32.6 Å². The summed E-state index contributed by atoms with van der Waals surface area (Å²) >= 11 is 0. The Kier molecular flexibility index (Phi) is 11.9. The number of halogens is 1. The summed E-state index contributed by atoms with van der Waals surface area (Å²) in [5.74, 6) is 1.78. The number of ether oxygens (including phenoxy) is 1. The quantitative estimate of drug-likeness (QED) is 0.324. The highest BCUT2D eigenvalue weighted by atomic mass is 127. The van der Waals surface area contributed by atoms with Crippen LogP contribution in [0.25, 0.3) is 0 Å². The molecule has 28 heavy (non-hydrogen) atoms. The maximum absolute atomic E-state index is 12.1. The number of hydrogen-bond acceptors (Lipinski definition) is 3. The van der Waals surface area contributed by atoms with Crippen LogP contribution >= 0.6 is 24.0 Å². The Bertz CT molecular complexity index is 601. The molecule has 158 valence electrons. The summed E-state index contributed by atoms with van der Waals surface area (Å²) in [6, 6.07) is 8.39. The maximum atomic E-state index is 12.1. The number of hydrogen-bond donors (Lipinski definition) is 2. The monoisotopic (exact) mass is 502 g/mol. The SMILES string of the molecule is CCNC(=NCCC(=O)NC1CCCCC1)N(C)Cc1ccc(OC)cc1.I. The third-order valence-electron chi connectivity index (χ3n) is 4.85. The van der Waals surface area contributed by atoms with Crippen LogP contribution in [-0.4, -0.2) is 50.1 Å². The Balaban J connectivity index is 0.00000392. The molecular formula is C21H35IN4O2. The zero-order valence-electron chi connectivity index (χ0n) is 17.4. The molecular weight excluding hydrogens is 467 g/mol. The predicted molar refractivity (Wildman–Crippen MR) is 125 cm³/mol. The second kappa shape index (κ2) is 13.6. The summed E-state index contributed by atoms with van der Waals surface area (Å²) in [7, 11) is 3.68. The fourth-order valence-electron chi connectivity index (χ4n) is 3.36. The van der Waals surface area contributed by atoms with Crippen molar-refractivity contribution in [2.75, 3.05) is 27.2 Å². The standard InChI is InChI=1S/C21H34N4O2.HI/c1-4-22-21(25(2)16-17-10-12-19(27-3)13-11-17)23-15-14-20(26)24-18-8-6-5-7-9-18;/h10-13,18H,4-9,14-16H2,1-3H3,(H,22,23)(H,24,26);1H. The first-order valence-corrected chi connectivity index (χ1v) is 10.0. The van der Waals surface area contributed by atoms with E-state index in [1.807, 2.05) is 26.1 Å². The van der Waals surface area contributed by atoms with Gasteiger partial charge in [-0.05, 0) is 37.5 Å². The number of carbonyl (C=O) groups excluding carboxylic acids is 1. The first kappa shape index (κ1) is 24.5. The van der Waals surface area contributed by atoms with Gasteiger partial charge in [0.05, 0.1) is 13.7 Å². The maximum Gasteiger partial charge on any atom is 0.222 e. The van der Waals surface area contributed by atoms with Gasteiger partial charge in [-0.3, -0.25) is 9.79 Å². The molecule has 0 heterocycles. The van der Waals surface area contributed by atoms with Crippen LogP contribution in [0.4, 0.5) is 0 Å². The van der Waals surface area contributed by atoms with Crippen molar-refractivity contribution < 1.29 is 9.53 Å². The van der Waals surface area contributed by atoms with Gasteiger partial charge in [-0.25, -0.2) is 0 Å². The second-order valence-corrected chi connectivity index (χ2v) is 7.09. The highest BCUT2D eigenvalue weighted by Gasteiger charge is 2.15. The normalized spacial score (nSPS) is 14.8. The van der Waals surface area contributed by atoms with Gasteiger partial charge in [-0.2, -0.15) is 0 Å². The van der Waals surface area contributed by atoms with Crippen molar-refractivity contribution in [1.82, 2.24) is 15.5 Å². The summed E-state index contributed by atoms with van der Waals surface area (Å²) in [6.07, 6.45) is 6.41. The zero-order chi connectivity index (χ0) is 19.5. The molecule has 0 aromatic heterocycles. The van der Waals surface area contributed by atoms with Crippen molar-refractivity contribution in [3.8, 4) is 5.75 Å². The number of aliphatic imine (C=N–C) groups is 1. The Morgan fingerprint density at radius 3 is 2.50 bits per heavy atom. The van der Waals surface area contributed by atoms with Gasteiger partial charge in [-0.1, -0.05) is 31.4 Å². The van der Waals surface area contributed by atoms with E-state index in [1.165, 1.54) is 24.8 Å². The second-order valence-electron chi connectivity index (χ2n) is 7.09. The molecule has 0 spiro atoms. The highest BCUT2D eigenvalue weighted by molar-refractivity contribution is 14.0. The minimum atomic E-state index is 0. The summed E-state index contributed by atoms with van der Waals surface area (Å²) in [5, 5.41) is 6.45. The fourth-order valence-corrected chi connectivity index (χ4v) is 3.36. The van der Waals surface area contributed by atoms with Crippen molar-refractivity contribution in [3.05, 3.63) is 29.8 Å². The van der Waals surface area contributed by atoms with E-state index in [4.69, 9.17) is 4.74 Å². The number of carbonyl (C=O) groups is 1. The van der Waals surface area contributed by atoms with Crippen LogP contribution in [0.3, 0.4) is 0 Å². The molecule has 1 saturated carbocycles. The number of rotatable bonds is 8. The molecule has 0 unspecified atom stereocenters. The number of amides is 1. The Morgan fingerprint density at radius 2 is 1.89 bits per heavy atom. The fraction of sp³-hybridized carbons (Fsp3) is 0.619. The average Bonchev–Trinajstić information content (AvgIpc) is 2.68. The zero-order valence-corrected chi connectivity index (χ0v) is 19.7. The van der Waals surface area contributed by atoms with Crippen molar-refractivity contribution in [1.29, 1.82) is 0 Å². The average molecular weight is 502 g/mol. The van der Waals surface area contributed by atoms with E-state index in [1.54, 1.807) is 7.11 Å². The molecule has 0 bridgehead atoms. The summed E-state index contributed by atoms with van der Waals surface area (Å²) in [6.45, 7) is 4.07. The van der Waals surface area contributed by atoms with Crippen LogP contribution in [0.2, 0.25) is 0 Å². The molecule has 1 fully saturated rings. The molecule has 1 aliphatic rings. The van der Waals surface area contributed by atoms with Crippen molar-refractivity contribution >= 4 is 35.8 Å². The summed E-state index contributed by atoms with van der Waals surface area (Å²) in [4.78, 5) is 18.8. The van der Waals surface area contributed by atoms with E-state index in [9.17, 15) is 4.79 Å². The molecule has 1 aromatic carbocycles. The molecule has 0 atom stereocenters. The third kappa shape index (κ3) is 8.67. The van der Waals surface area contributed by atoms with E-state index < -0.39 is 0 Å². The Morgan fingerprint density at radius 1 is 1.21 bits per heavy atom.